The average molecular weight is 455 g/mol. The van der Waals surface area contributed by atoms with E-state index in [1.165, 1.54) is 0 Å². The number of halogens is 4. The van der Waals surface area contributed by atoms with E-state index in [1.807, 2.05) is 33.8 Å². The van der Waals surface area contributed by atoms with Crippen LogP contribution in [0.5, 0.6) is 0 Å². The summed E-state index contributed by atoms with van der Waals surface area (Å²) in [6.07, 6.45) is -0.267. The lowest BCUT2D eigenvalue weighted by Crippen LogP contribution is -2.50. The summed E-state index contributed by atoms with van der Waals surface area (Å²) in [5.41, 5.74) is 1.37. The zero-order chi connectivity index (χ0) is 22.6. The first-order valence-electron chi connectivity index (χ1n) is 10.1. The van der Waals surface area contributed by atoms with Gasteiger partial charge in [0.05, 0.1) is 27.6 Å². The molecule has 0 amide bonds. The van der Waals surface area contributed by atoms with Crippen LogP contribution < -0.4 is 10.8 Å². The van der Waals surface area contributed by atoms with Gasteiger partial charge in [-0.05, 0) is 46.6 Å². The summed E-state index contributed by atoms with van der Waals surface area (Å²) in [5.74, 6) is -0.800. The topological polar surface area (TPSA) is 69.2 Å². The number of nitrogens with zero attached hydrogens (tertiary/aromatic N) is 3. The summed E-state index contributed by atoms with van der Waals surface area (Å²) in [6.45, 7) is 7.91. The van der Waals surface area contributed by atoms with Crippen LogP contribution in [-0.2, 0) is 15.5 Å². The maximum absolute atomic E-state index is 12.7. The molecule has 2 fully saturated rings. The summed E-state index contributed by atoms with van der Waals surface area (Å²) in [5, 5.41) is 3.99. The van der Waals surface area contributed by atoms with Crippen molar-refractivity contribution >= 4 is 29.9 Å². The normalized spacial score (nSPS) is 23.3. The zero-order valence-electron chi connectivity index (χ0n) is 17.7. The van der Waals surface area contributed by atoms with E-state index in [0.717, 1.165) is 42.3 Å². The first-order chi connectivity index (χ1) is 14.4. The maximum atomic E-state index is 12.7. The lowest BCUT2D eigenvalue weighted by molar-refractivity contribution is -0.144. The van der Waals surface area contributed by atoms with Gasteiger partial charge in [0, 0.05) is 36.0 Å². The third kappa shape index (κ3) is 4.38. The number of rotatable bonds is 5. The van der Waals surface area contributed by atoms with Crippen LogP contribution in [0.2, 0.25) is 5.02 Å². The molecule has 2 aromatic heterocycles. The minimum atomic E-state index is -4.60. The third-order valence-electron chi connectivity index (χ3n) is 5.93. The van der Waals surface area contributed by atoms with Gasteiger partial charge in [-0.1, -0.05) is 11.6 Å². The van der Waals surface area contributed by atoms with Crippen molar-refractivity contribution in [3.63, 3.8) is 0 Å². The van der Waals surface area contributed by atoms with Crippen LogP contribution in [0.4, 0.5) is 18.9 Å². The van der Waals surface area contributed by atoms with Gasteiger partial charge in [0.1, 0.15) is 0 Å². The van der Waals surface area contributed by atoms with Crippen LogP contribution in [-0.4, -0.2) is 39.8 Å². The van der Waals surface area contributed by atoms with E-state index in [0.29, 0.717) is 22.9 Å². The van der Waals surface area contributed by atoms with E-state index in [1.54, 1.807) is 0 Å². The second-order valence-electron chi connectivity index (χ2n) is 8.78. The average Bonchev–Trinajstić information content (AvgIpc) is 3.47. The summed E-state index contributed by atoms with van der Waals surface area (Å²) in [6, 6.07) is 1.82. The highest BCUT2D eigenvalue weighted by molar-refractivity contribution is 6.61. The van der Waals surface area contributed by atoms with Gasteiger partial charge in [-0.2, -0.15) is 13.2 Å². The van der Waals surface area contributed by atoms with Crippen molar-refractivity contribution < 1.29 is 22.5 Å². The summed E-state index contributed by atoms with van der Waals surface area (Å²) < 4.78 is 50.4. The van der Waals surface area contributed by atoms with Gasteiger partial charge in [-0.25, -0.2) is 9.97 Å². The lowest BCUT2D eigenvalue weighted by atomic mass is 9.81. The van der Waals surface area contributed by atoms with E-state index >= 15 is 0 Å². The van der Waals surface area contributed by atoms with Crippen molar-refractivity contribution in [1.29, 1.82) is 0 Å². The second-order valence-corrected chi connectivity index (χ2v) is 9.19. The second kappa shape index (κ2) is 7.60. The fourth-order valence-electron chi connectivity index (χ4n) is 3.53. The number of nitrogens with one attached hydrogen (secondary N) is 1. The number of hydrogen-bond donors (Lipinski definition) is 1. The molecule has 2 aliphatic rings. The highest BCUT2D eigenvalue weighted by atomic mass is 35.5. The molecule has 4 rings (SSSR count). The van der Waals surface area contributed by atoms with E-state index in [2.05, 4.69) is 20.3 Å². The smallest absolute Gasteiger partial charge is 0.399 e. The lowest BCUT2D eigenvalue weighted by Gasteiger charge is -2.37. The third-order valence-corrected chi connectivity index (χ3v) is 6.23. The predicted molar refractivity (Wildman–Crippen MR) is 112 cm³/mol. The Kier molecular flexibility index (Phi) is 5.47. The van der Waals surface area contributed by atoms with E-state index in [-0.39, 0.29) is 0 Å². The van der Waals surface area contributed by atoms with Crippen molar-refractivity contribution in [2.45, 2.75) is 63.8 Å². The Hall–Kier alpha value is -1.91. The van der Waals surface area contributed by atoms with E-state index < -0.39 is 30.3 Å². The Labute approximate surface area is 184 Å². The minimum absolute atomic E-state index is 0.318. The summed E-state index contributed by atoms with van der Waals surface area (Å²) >= 11 is 6.50. The molecule has 6 nitrogen and oxygen atoms in total. The van der Waals surface area contributed by atoms with Crippen molar-refractivity contribution in [2.24, 2.45) is 0 Å². The number of pyridine rings is 1. The molecule has 166 valence electrons. The molecule has 0 bridgehead atoms. The van der Waals surface area contributed by atoms with Crippen LogP contribution in [0.15, 0.2) is 18.5 Å². The molecule has 0 aromatic carbocycles. The highest BCUT2D eigenvalue weighted by Gasteiger charge is 2.55. The quantitative estimate of drug-likeness (QED) is 0.686. The maximum Gasteiger partial charge on any atom is 0.498 e. The molecule has 1 atom stereocenters. The van der Waals surface area contributed by atoms with Crippen LogP contribution in [0.25, 0.3) is 0 Å². The standard InChI is InChI=1S/C20H23BClF3N4O2/c1-11-7-14(22)16(15(29-11)12-5-6-12)28-10-19(4)18(2,3)30-21(31-19)13-8-26-17(27-9-13)20(23,24)25/h7-9,12,28H,5-6,10H2,1-4H3. The molecule has 11 heteroatoms. The molecule has 2 aromatic rings. The van der Waals surface area contributed by atoms with Crippen LogP contribution in [0, 0.1) is 6.92 Å². The molecule has 1 saturated carbocycles. The van der Waals surface area contributed by atoms with Gasteiger partial charge in [0.15, 0.2) is 0 Å². The number of anilines is 1. The van der Waals surface area contributed by atoms with Gasteiger partial charge in [0.2, 0.25) is 5.82 Å². The predicted octanol–water partition coefficient (Wildman–Crippen LogP) is 4.12. The summed E-state index contributed by atoms with van der Waals surface area (Å²) in [7, 11) is -0.890. The number of alkyl halides is 3. The molecular weight excluding hydrogens is 432 g/mol. The van der Waals surface area contributed by atoms with E-state index in [9.17, 15) is 13.2 Å². The zero-order valence-corrected chi connectivity index (χ0v) is 18.4. The molecular formula is C20H23BClF3N4O2. The molecule has 1 aliphatic carbocycles. The van der Waals surface area contributed by atoms with Gasteiger partial charge in [-0.3, -0.25) is 4.98 Å². The monoisotopic (exact) mass is 454 g/mol. The Bertz CT molecular complexity index is 986. The van der Waals surface area contributed by atoms with Gasteiger partial charge in [-0.15, -0.1) is 0 Å². The van der Waals surface area contributed by atoms with Gasteiger partial charge < -0.3 is 14.6 Å². The van der Waals surface area contributed by atoms with E-state index in [4.69, 9.17) is 20.9 Å². The van der Waals surface area contributed by atoms with Crippen molar-refractivity contribution in [1.82, 2.24) is 15.0 Å². The van der Waals surface area contributed by atoms with Crippen LogP contribution in [0.1, 0.15) is 56.7 Å². The highest BCUT2D eigenvalue weighted by Crippen LogP contribution is 2.45. The fourth-order valence-corrected chi connectivity index (χ4v) is 3.85. The van der Waals surface area contributed by atoms with Crippen molar-refractivity contribution in [3.05, 3.63) is 40.7 Å². The Morgan fingerprint density at radius 1 is 1.19 bits per heavy atom. The van der Waals surface area contributed by atoms with Crippen LogP contribution in [0.3, 0.4) is 0 Å². The van der Waals surface area contributed by atoms with Crippen molar-refractivity contribution in [2.75, 3.05) is 11.9 Å². The SMILES string of the molecule is Cc1cc(Cl)c(NCC2(C)OB(c3cnc(C(F)(F)F)nc3)OC2(C)C)c(C2CC2)n1. The Morgan fingerprint density at radius 2 is 1.84 bits per heavy atom. The fraction of sp³-hybridized carbons (Fsp3) is 0.550. The summed E-state index contributed by atoms with van der Waals surface area (Å²) in [4.78, 5) is 11.5. The molecule has 0 radical (unpaired) electrons. The molecule has 3 heterocycles. The number of aryl methyl sites for hydroxylation is 1. The molecule has 31 heavy (non-hydrogen) atoms. The number of aromatic nitrogens is 3. The molecule has 0 spiro atoms. The molecule has 1 N–H and O–H groups in total. The van der Waals surface area contributed by atoms with Gasteiger partial charge >= 0.3 is 13.3 Å². The first-order valence-corrected chi connectivity index (χ1v) is 10.4. The molecule has 1 aliphatic heterocycles. The Balaban J connectivity index is 1.53. The first kappa shape index (κ1) is 22.3. The number of hydrogen-bond acceptors (Lipinski definition) is 6. The Morgan fingerprint density at radius 3 is 2.42 bits per heavy atom. The minimum Gasteiger partial charge on any atom is -0.399 e. The largest absolute Gasteiger partial charge is 0.498 e. The molecule has 1 saturated heterocycles. The van der Waals surface area contributed by atoms with Crippen LogP contribution >= 0.6 is 11.6 Å². The molecule has 1 unspecified atom stereocenters. The van der Waals surface area contributed by atoms with Gasteiger partial charge in [0.25, 0.3) is 0 Å². The van der Waals surface area contributed by atoms with Crippen molar-refractivity contribution in [3.8, 4) is 0 Å².